The van der Waals surface area contributed by atoms with Crippen LogP contribution in [-0.4, -0.2) is 13.2 Å². The Kier molecular flexibility index (Phi) is 3.75. The number of rotatable bonds is 5. The van der Waals surface area contributed by atoms with Crippen LogP contribution in [0.25, 0.3) is 0 Å². The van der Waals surface area contributed by atoms with Gasteiger partial charge in [-0.05, 0) is 24.3 Å². The molecule has 2 N–H and O–H groups in total. The van der Waals surface area contributed by atoms with Crippen molar-refractivity contribution in [1.29, 1.82) is 0 Å². The average Bonchev–Trinajstić information content (AvgIpc) is 2.22. The van der Waals surface area contributed by atoms with Crippen LogP contribution in [0.15, 0.2) is 30.3 Å². The zero-order valence-corrected chi connectivity index (χ0v) is 9.06. The molecule has 1 unspecified atom stereocenters. The van der Waals surface area contributed by atoms with E-state index in [1.807, 2.05) is 6.07 Å². The first-order valence-corrected chi connectivity index (χ1v) is 5.78. The summed E-state index contributed by atoms with van der Waals surface area (Å²) in [6.45, 7) is 1.27. The highest BCUT2D eigenvalue weighted by atomic mass is 16.5. The molecule has 0 bridgehead atoms. The second kappa shape index (κ2) is 5.29. The van der Waals surface area contributed by atoms with Crippen molar-refractivity contribution in [2.75, 3.05) is 13.2 Å². The standard InChI is InChI=1S/C13H19NO/c14-9-10-15-13(12-7-4-8-12)11-5-2-1-3-6-11/h1-3,5-6,12-13H,4,7-10,14H2. The van der Waals surface area contributed by atoms with Crippen LogP contribution < -0.4 is 5.73 Å². The predicted octanol–water partition coefficient (Wildman–Crippen LogP) is 2.50. The van der Waals surface area contributed by atoms with Gasteiger partial charge in [0.15, 0.2) is 0 Å². The highest BCUT2D eigenvalue weighted by Crippen LogP contribution is 2.39. The van der Waals surface area contributed by atoms with E-state index in [1.54, 1.807) is 0 Å². The summed E-state index contributed by atoms with van der Waals surface area (Å²) in [6.07, 6.45) is 4.21. The third-order valence-corrected chi connectivity index (χ3v) is 3.12. The molecule has 1 aromatic carbocycles. The summed E-state index contributed by atoms with van der Waals surface area (Å²) >= 11 is 0. The quantitative estimate of drug-likeness (QED) is 0.801. The summed E-state index contributed by atoms with van der Waals surface area (Å²) in [4.78, 5) is 0. The molecule has 1 atom stereocenters. The zero-order chi connectivity index (χ0) is 10.5. The first kappa shape index (κ1) is 10.7. The largest absolute Gasteiger partial charge is 0.372 e. The van der Waals surface area contributed by atoms with Crippen molar-refractivity contribution in [3.05, 3.63) is 35.9 Å². The van der Waals surface area contributed by atoms with Crippen LogP contribution in [0.4, 0.5) is 0 Å². The van der Waals surface area contributed by atoms with Crippen molar-refractivity contribution in [1.82, 2.24) is 0 Å². The SMILES string of the molecule is NCCOC(c1ccccc1)C1CCC1. The topological polar surface area (TPSA) is 35.2 Å². The maximum absolute atomic E-state index is 5.86. The fourth-order valence-electron chi connectivity index (χ4n) is 2.08. The van der Waals surface area contributed by atoms with Gasteiger partial charge in [0.2, 0.25) is 0 Å². The normalized spacial score (nSPS) is 18.5. The fraction of sp³-hybridized carbons (Fsp3) is 0.538. The minimum Gasteiger partial charge on any atom is -0.372 e. The molecule has 2 rings (SSSR count). The Morgan fingerprint density at radius 2 is 2.00 bits per heavy atom. The molecule has 0 aromatic heterocycles. The Morgan fingerprint density at radius 1 is 1.27 bits per heavy atom. The van der Waals surface area contributed by atoms with Crippen molar-refractivity contribution in [2.24, 2.45) is 11.7 Å². The second-order valence-electron chi connectivity index (χ2n) is 4.18. The number of hydrogen-bond acceptors (Lipinski definition) is 2. The van der Waals surface area contributed by atoms with E-state index in [1.165, 1.54) is 24.8 Å². The smallest absolute Gasteiger partial charge is 0.0853 e. The van der Waals surface area contributed by atoms with Gasteiger partial charge in [0.05, 0.1) is 12.7 Å². The fourth-order valence-corrected chi connectivity index (χ4v) is 2.08. The van der Waals surface area contributed by atoms with Gasteiger partial charge in [-0.15, -0.1) is 0 Å². The Morgan fingerprint density at radius 3 is 2.53 bits per heavy atom. The summed E-state index contributed by atoms with van der Waals surface area (Å²) in [5.41, 5.74) is 6.79. The molecule has 2 nitrogen and oxygen atoms in total. The monoisotopic (exact) mass is 205 g/mol. The second-order valence-corrected chi connectivity index (χ2v) is 4.18. The molecular weight excluding hydrogens is 186 g/mol. The van der Waals surface area contributed by atoms with Crippen LogP contribution in [0.1, 0.15) is 30.9 Å². The maximum atomic E-state index is 5.86. The first-order valence-electron chi connectivity index (χ1n) is 5.78. The van der Waals surface area contributed by atoms with E-state index >= 15 is 0 Å². The van der Waals surface area contributed by atoms with Gasteiger partial charge in [0.1, 0.15) is 0 Å². The van der Waals surface area contributed by atoms with Gasteiger partial charge in [-0.1, -0.05) is 36.8 Å². The van der Waals surface area contributed by atoms with Crippen molar-refractivity contribution < 1.29 is 4.74 Å². The molecule has 1 fully saturated rings. The summed E-state index contributed by atoms with van der Waals surface area (Å²) in [7, 11) is 0. The lowest BCUT2D eigenvalue weighted by molar-refractivity contribution is -0.0119. The highest BCUT2D eigenvalue weighted by molar-refractivity contribution is 5.18. The van der Waals surface area contributed by atoms with Gasteiger partial charge in [-0.3, -0.25) is 0 Å². The molecule has 0 radical (unpaired) electrons. The van der Waals surface area contributed by atoms with Gasteiger partial charge >= 0.3 is 0 Å². The Balaban J connectivity index is 2.04. The molecule has 1 aliphatic rings. The van der Waals surface area contributed by atoms with E-state index in [4.69, 9.17) is 10.5 Å². The third-order valence-electron chi connectivity index (χ3n) is 3.12. The van der Waals surface area contributed by atoms with Crippen LogP contribution in [0, 0.1) is 5.92 Å². The van der Waals surface area contributed by atoms with Crippen molar-refractivity contribution >= 4 is 0 Å². The van der Waals surface area contributed by atoms with E-state index in [0.29, 0.717) is 19.1 Å². The van der Waals surface area contributed by atoms with Crippen molar-refractivity contribution in [3.8, 4) is 0 Å². The van der Waals surface area contributed by atoms with Crippen LogP contribution >= 0.6 is 0 Å². The van der Waals surface area contributed by atoms with E-state index in [2.05, 4.69) is 24.3 Å². The van der Waals surface area contributed by atoms with Crippen molar-refractivity contribution in [3.63, 3.8) is 0 Å². The lowest BCUT2D eigenvalue weighted by Crippen LogP contribution is -2.24. The Hall–Kier alpha value is -0.860. The lowest BCUT2D eigenvalue weighted by atomic mass is 9.78. The van der Waals surface area contributed by atoms with Gasteiger partial charge < -0.3 is 10.5 Å². The van der Waals surface area contributed by atoms with Gasteiger partial charge in [0, 0.05) is 6.54 Å². The molecule has 0 aliphatic heterocycles. The molecule has 1 saturated carbocycles. The molecule has 0 saturated heterocycles. The lowest BCUT2D eigenvalue weighted by Gasteiger charge is -2.33. The average molecular weight is 205 g/mol. The summed E-state index contributed by atoms with van der Waals surface area (Å²) in [5, 5.41) is 0. The predicted molar refractivity (Wildman–Crippen MR) is 61.5 cm³/mol. The van der Waals surface area contributed by atoms with E-state index in [9.17, 15) is 0 Å². The molecule has 2 heteroatoms. The van der Waals surface area contributed by atoms with E-state index in [-0.39, 0.29) is 6.10 Å². The Bertz CT molecular complexity index is 282. The van der Waals surface area contributed by atoms with Gasteiger partial charge in [-0.25, -0.2) is 0 Å². The van der Waals surface area contributed by atoms with Crippen LogP contribution in [-0.2, 0) is 4.74 Å². The van der Waals surface area contributed by atoms with E-state index in [0.717, 1.165) is 0 Å². The molecular formula is C13H19NO. The summed E-state index contributed by atoms with van der Waals surface area (Å²) < 4.78 is 5.86. The highest BCUT2D eigenvalue weighted by Gasteiger charge is 2.28. The van der Waals surface area contributed by atoms with Gasteiger partial charge in [0.25, 0.3) is 0 Å². The molecule has 0 heterocycles. The minimum absolute atomic E-state index is 0.267. The minimum atomic E-state index is 0.267. The number of nitrogens with two attached hydrogens (primary N) is 1. The number of hydrogen-bond donors (Lipinski definition) is 1. The molecule has 0 amide bonds. The maximum Gasteiger partial charge on any atom is 0.0853 e. The number of benzene rings is 1. The molecule has 82 valence electrons. The summed E-state index contributed by atoms with van der Waals surface area (Å²) in [6, 6.07) is 10.5. The Labute approximate surface area is 91.4 Å². The van der Waals surface area contributed by atoms with E-state index < -0.39 is 0 Å². The molecule has 1 aliphatic carbocycles. The van der Waals surface area contributed by atoms with Crippen molar-refractivity contribution in [2.45, 2.75) is 25.4 Å². The van der Waals surface area contributed by atoms with Crippen LogP contribution in [0.5, 0.6) is 0 Å². The summed E-state index contributed by atoms with van der Waals surface area (Å²) in [5.74, 6) is 0.707. The zero-order valence-electron chi connectivity index (χ0n) is 9.06. The molecule has 0 spiro atoms. The van der Waals surface area contributed by atoms with Crippen LogP contribution in [0.2, 0.25) is 0 Å². The number of ether oxygens (including phenoxy) is 1. The van der Waals surface area contributed by atoms with Crippen LogP contribution in [0.3, 0.4) is 0 Å². The third kappa shape index (κ3) is 2.58. The first-order chi connectivity index (χ1) is 7.42. The molecule has 15 heavy (non-hydrogen) atoms. The molecule has 1 aromatic rings. The van der Waals surface area contributed by atoms with Gasteiger partial charge in [-0.2, -0.15) is 0 Å².